The van der Waals surface area contributed by atoms with Crippen molar-refractivity contribution in [3.05, 3.63) is 176 Å². The fourth-order valence-electron chi connectivity index (χ4n) is 8.66. The van der Waals surface area contributed by atoms with E-state index in [0.29, 0.717) is 0 Å². The van der Waals surface area contributed by atoms with E-state index in [1.54, 1.807) is 0 Å². The molecule has 9 aromatic carbocycles. The molecule has 0 aliphatic heterocycles. The maximum atomic E-state index is 6.37. The number of hydrogen-bond acceptors (Lipinski definition) is 2. The monoisotopic (exact) mass is 691 g/mol. The first-order valence-corrected chi connectivity index (χ1v) is 18.9. The van der Waals surface area contributed by atoms with Gasteiger partial charge in [-0.3, -0.25) is 0 Å². The summed E-state index contributed by atoms with van der Waals surface area (Å²) in [6.45, 7) is 0. The molecule has 0 spiro atoms. The Morgan fingerprint density at radius 2 is 1.02 bits per heavy atom. The van der Waals surface area contributed by atoms with Gasteiger partial charge in [0.05, 0.1) is 11.0 Å². The van der Waals surface area contributed by atoms with Crippen LogP contribution in [0, 0.1) is 0 Å². The van der Waals surface area contributed by atoms with E-state index in [1.807, 2.05) is 11.3 Å². The Morgan fingerprint density at radius 1 is 0.377 bits per heavy atom. The van der Waals surface area contributed by atoms with Crippen molar-refractivity contribution in [3.8, 4) is 27.9 Å². The van der Waals surface area contributed by atoms with E-state index in [4.69, 9.17) is 4.42 Å². The van der Waals surface area contributed by atoms with E-state index >= 15 is 0 Å². The summed E-state index contributed by atoms with van der Waals surface area (Å²) in [6.07, 6.45) is 0. The number of rotatable bonds is 3. The summed E-state index contributed by atoms with van der Waals surface area (Å²) in [7, 11) is 0. The van der Waals surface area contributed by atoms with Crippen LogP contribution in [0.25, 0.3) is 113 Å². The van der Waals surface area contributed by atoms with Gasteiger partial charge in [-0.25, -0.2) is 0 Å². The van der Waals surface area contributed by atoms with Gasteiger partial charge in [0.15, 0.2) is 0 Å². The summed E-state index contributed by atoms with van der Waals surface area (Å²) in [5.74, 6) is 0. The molecule has 0 bridgehead atoms. The lowest BCUT2D eigenvalue weighted by molar-refractivity contribution is 0.669. The lowest BCUT2D eigenvalue weighted by Gasteiger charge is -2.10. The zero-order valence-electron chi connectivity index (χ0n) is 28.5. The Balaban J connectivity index is 1.02. The minimum Gasteiger partial charge on any atom is -0.456 e. The summed E-state index contributed by atoms with van der Waals surface area (Å²) in [5.41, 5.74) is 10.2. The second kappa shape index (κ2) is 10.9. The number of aromatic nitrogens is 1. The summed E-state index contributed by atoms with van der Waals surface area (Å²) >= 11 is 1.89. The summed E-state index contributed by atoms with van der Waals surface area (Å²) in [5, 5.41) is 12.5. The highest BCUT2D eigenvalue weighted by Gasteiger charge is 2.17. The smallest absolute Gasteiger partial charge is 0.135 e. The Kier molecular flexibility index (Phi) is 5.96. The zero-order valence-corrected chi connectivity index (χ0v) is 29.3. The topological polar surface area (TPSA) is 18.1 Å². The van der Waals surface area contributed by atoms with E-state index in [9.17, 15) is 0 Å². The van der Waals surface area contributed by atoms with Gasteiger partial charge in [0.2, 0.25) is 0 Å². The molecule has 12 rings (SSSR count). The van der Waals surface area contributed by atoms with E-state index in [-0.39, 0.29) is 0 Å². The highest BCUT2D eigenvalue weighted by molar-refractivity contribution is 7.26. The third-order valence-electron chi connectivity index (χ3n) is 11.2. The van der Waals surface area contributed by atoms with Crippen LogP contribution < -0.4 is 0 Å². The number of para-hydroxylation sites is 1. The second-order valence-electron chi connectivity index (χ2n) is 14.1. The van der Waals surface area contributed by atoms with E-state index in [0.717, 1.165) is 21.9 Å². The van der Waals surface area contributed by atoms with Gasteiger partial charge in [-0.2, -0.15) is 0 Å². The van der Waals surface area contributed by atoms with Crippen LogP contribution in [0.3, 0.4) is 0 Å². The van der Waals surface area contributed by atoms with Gasteiger partial charge in [-0.05, 0) is 99.1 Å². The molecule has 0 amide bonds. The van der Waals surface area contributed by atoms with Crippen molar-refractivity contribution in [1.29, 1.82) is 0 Å². The van der Waals surface area contributed by atoms with Gasteiger partial charge in [0.25, 0.3) is 0 Å². The van der Waals surface area contributed by atoms with Crippen LogP contribution in [-0.2, 0) is 0 Å². The van der Waals surface area contributed by atoms with Gasteiger partial charge in [-0.1, -0.05) is 115 Å². The molecule has 0 aliphatic carbocycles. The average molecular weight is 692 g/mol. The van der Waals surface area contributed by atoms with Crippen LogP contribution in [0.4, 0.5) is 0 Å². The molecule has 0 radical (unpaired) electrons. The molecule has 0 fully saturated rings. The molecule has 0 saturated heterocycles. The lowest BCUT2D eigenvalue weighted by Crippen LogP contribution is -1.93. The normalized spacial score (nSPS) is 12.2. The molecule has 0 saturated carbocycles. The number of furan rings is 1. The van der Waals surface area contributed by atoms with Gasteiger partial charge in [0.1, 0.15) is 11.2 Å². The number of thiophene rings is 1. The fraction of sp³-hybridized carbons (Fsp3) is 0. The van der Waals surface area contributed by atoms with Crippen LogP contribution in [-0.4, -0.2) is 4.57 Å². The molecule has 12 aromatic rings. The van der Waals surface area contributed by atoms with Crippen molar-refractivity contribution in [2.75, 3.05) is 0 Å². The van der Waals surface area contributed by atoms with Crippen molar-refractivity contribution < 1.29 is 4.42 Å². The minimum absolute atomic E-state index is 0.903. The molecule has 2 nitrogen and oxygen atoms in total. The van der Waals surface area contributed by atoms with Crippen molar-refractivity contribution in [2.45, 2.75) is 0 Å². The average Bonchev–Trinajstić information content (AvgIpc) is 3.89. The summed E-state index contributed by atoms with van der Waals surface area (Å²) < 4.78 is 11.5. The van der Waals surface area contributed by atoms with Gasteiger partial charge in [0, 0.05) is 52.8 Å². The molecule has 0 unspecified atom stereocenters. The Morgan fingerprint density at radius 3 is 1.91 bits per heavy atom. The summed E-state index contributed by atoms with van der Waals surface area (Å²) in [6, 6.07) is 64.3. The zero-order chi connectivity index (χ0) is 34.6. The third kappa shape index (κ3) is 4.26. The summed E-state index contributed by atoms with van der Waals surface area (Å²) in [4.78, 5) is 0. The molecule has 0 N–H and O–H groups in total. The van der Waals surface area contributed by atoms with Gasteiger partial charge in [-0.15, -0.1) is 11.3 Å². The van der Waals surface area contributed by atoms with Crippen molar-refractivity contribution in [1.82, 2.24) is 4.57 Å². The number of nitrogens with zero attached hydrogens (tertiary/aromatic N) is 1. The van der Waals surface area contributed by atoms with Crippen molar-refractivity contribution in [2.24, 2.45) is 0 Å². The van der Waals surface area contributed by atoms with Gasteiger partial charge >= 0.3 is 0 Å². The number of hydrogen-bond donors (Lipinski definition) is 0. The minimum atomic E-state index is 0.903. The van der Waals surface area contributed by atoms with Gasteiger partial charge < -0.3 is 8.98 Å². The molecule has 246 valence electrons. The molecule has 0 aliphatic rings. The molecule has 53 heavy (non-hydrogen) atoms. The fourth-order valence-corrected chi connectivity index (χ4v) is 9.89. The quantitative estimate of drug-likeness (QED) is 0.180. The first kappa shape index (κ1) is 29.0. The number of fused-ring (bicyclic) bond motifs is 12. The predicted molar refractivity (Wildman–Crippen MR) is 227 cm³/mol. The van der Waals surface area contributed by atoms with Crippen LogP contribution in [0.15, 0.2) is 180 Å². The number of benzene rings is 9. The SMILES string of the molecule is c1ccc2c(-c3ccc4oc5ccc(-c6ccc7c(c6)c6ccccc6n7-c6ccc7ccc8c9ccccc9sc8c7c6)cc5c4c3)cccc2c1. The Labute approximate surface area is 308 Å². The molecule has 3 aromatic heterocycles. The van der Waals surface area contributed by atoms with E-state index in [2.05, 4.69) is 180 Å². The van der Waals surface area contributed by atoms with E-state index < -0.39 is 0 Å². The molecule has 0 atom stereocenters. The maximum Gasteiger partial charge on any atom is 0.135 e. The van der Waals surface area contributed by atoms with Crippen LogP contribution >= 0.6 is 11.3 Å². The Hall–Kier alpha value is -6.68. The molecular weight excluding hydrogens is 663 g/mol. The predicted octanol–water partition coefficient (Wildman–Crippen LogP) is 14.7. The standard InChI is InChI=1S/C50H29NOS/c1-2-10-36-30(8-1)9-7-13-37(36)34-20-25-48-44(28-34)43-27-33(19-24-47(43)52-48)32-18-23-46-42(26-32)38-11-3-5-14-45(38)51(46)35-21-16-31-17-22-40-39-12-4-6-15-49(39)53-50(40)41(31)29-35/h1-29H. The first-order chi connectivity index (χ1) is 26.2. The maximum absolute atomic E-state index is 6.37. The van der Waals surface area contributed by atoms with Crippen LogP contribution in [0.1, 0.15) is 0 Å². The molecule has 3 heteroatoms. The molecule has 3 heterocycles. The molecular formula is C50H29NOS. The van der Waals surface area contributed by atoms with Crippen molar-refractivity contribution >= 4 is 96.8 Å². The van der Waals surface area contributed by atoms with E-state index in [1.165, 1.54) is 91.5 Å². The highest BCUT2D eigenvalue weighted by atomic mass is 32.1. The first-order valence-electron chi connectivity index (χ1n) is 18.1. The third-order valence-corrected chi connectivity index (χ3v) is 12.4. The lowest BCUT2D eigenvalue weighted by atomic mass is 9.96. The highest BCUT2D eigenvalue weighted by Crippen LogP contribution is 2.42. The van der Waals surface area contributed by atoms with Crippen LogP contribution in [0.2, 0.25) is 0 Å². The largest absolute Gasteiger partial charge is 0.456 e. The Bertz CT molecular complexity index is 3460. The second-order valence-corrected chi connectivity index (χ2v) is 15.1. The van der Waals surface area contributed by atoms with Crippen LogP contribution in [0.5, 0.6) is 0 Å². The van der Waals surface area contributed by atoms with Crippen molar-refractivity contribution in [3.63, 3.8) is 0 Å².